The van der Waals surface area contributed by atoms with Crippen LogP contribution in [-0.4, -0.2) is 10.7 Å². The van der Waals surface area contributed by atoms with Crippen LogP contribution < -0.4 is 0 Å². The van der Waals surface area contributed by atoms with E-state index < -0.39 is 4.92 Å². The van der Waals surface area contributed by atoms with Gasteiger partial charge in [0.05, 0.1) is 4.92 Å². The van der Waals surface area contributed by atoms with Crippen molar-refractivity contribution in [3.63, 3.8) is 0 Å². The van der Waals surface area contributed by atoms with Gasteiger partial charge in [-0.15, -0.1) is 0 Å². The normalized spacial score (nSPS) is 15.6. The maximum atomic E-state index is 11.2. The van der Waals surface area contributed by atoms with E-state index in [1.54, 1.807) is 12.1 Å². The highest BCUT2D eigenvalue weighted by molar-refractivity contribution is 5.79. The van der Waals surface area contributed by atoms with E-state index in [4.69, 9.17) is 0 Å². The molecular weight excluding hydrogens is 194 g/mol. The number of nitro benzene ring substituents is 1. The van der Waals surface area contributed by atoms with Crippen molar-refractivity contribution in [2.75, 3.05) is 0 Å². The molecule has 0 radical (unpaired) electrons. The van der Waals surface area contributed by atoms with Crippen LogP contribution in [0.15, 0.2) is 18.2 Å². The van der Waals surface area contributed by atoms with Crippen molar-refractivity contribution in [3.05, 3.63) is 39.4 Å². The smallest absolute Gasteiger partial charge is 0.269 e. The first-order valence-electron chi connectivity index (χ1n) is 4.95. The summed E-state index contributed by atoms with van der Waals surface area (Å²) in [6.07, 6.45) is 2.42. The fourth-order valence-corrected chi connectivity index (χ4v) is 1.88. The molecule has 0 aliphatic heterocycles. The first-order valence-corrected chi connectivity index (χ1v) is 4.95. The lowest BCUT2D eigenvalue weighted by molar-refractivity contribution is -0.384. The molecule has 0 unspecified atom stereocenters. The number of nitrogens with zero attached hydrogens (tertiary/aromatic N) is 1. The van der Waals surface area contributed by atoms with Crippen molar-refractivity contribution >= 4 is 11.5 Å². The van der Waals surface area contributed by atoms with Crippen molar-refractivity contribution in [2.45, 2.75) is 25.7 Å². The van der Waals surface area contributed by atoms with Gasteiger partial charge in [0, 0.05) is 25.0 Å². The SMILES string of the molecule is O=C1CCc2ccc([N+](=O)[O-])cc2CC1. The summed E-state index contributed by atoms with van der Waals surface area (Å²) in [6.45, 7) is 0. The number of benzene rings is 1. The highest BCUT2D eigenvalue weighted by Crippen LogP contribution is 2.23. The van der Waals surface area contributed by atoms with Crippen molar-refractivity contribution in [1.82, 2.24) is 0 Å². The highest BCUT2D eigenvalue weighted by atomic mass is 16.6. The van der Waals surface area contributed by atoms with Crippen LogP contribution in [0.3, 0.4) is 0 Å². The minimum absolute atomic E-state index is 0.114. The fraction of sp³-hybridized carbons (Fsp3) is 0.364. The summed E-state index contributed by atoms with van der Waals surface area (Å²) in [6, 6.07) is 4.87. The summed E-state index contributed by atoms with van der Waals surface area (Å²) in [4.78, 5) is 21.4. The number of aryl methyl sites for hydroxylation is 2. The van der Waals surface area contributed by atoms with E-state index in [-0.39, 0.29) is 11.5 Å². The Morgan fingerprint density at radius 1 is 1.07 bits per heavy atom. The average molecular weight is 205 g/mol. The largest absolute Gasteiger partial charge is 0.300 e. The van der Waals surface area contributed by atoms with E-state index in [2.05, 4.69) is 0 Å². The first-order chi connectivity index (χ1) is 7.16. The van der Waals surface area contributed by atoms with E-state index in [0.717, 1.165) is 11.1 Å². The Hall–Kier alpha value is -1.71. The number of fused-ring (bicyclic) bond motifs is 1. The zero-order valence-electron chi connectivity index (χ0n) is 8.23. The van der Waals surface area contributed by atoms with Crippen molar-refractivity contribution in [2.24, 2.45) is 0 Å². The van der Waals surface area contributed by atoms with Crippen molar-refractivity contribution in [1.29, 1.82) is 0 Å². The van der Waals surface area contributed by atoms with Gasteiger partial charge in [-0.25, -0.2) is 0 Å². The summed E-state index contributed by atoms with van der Waals surface area (Å²) < 4.78 is 0. The lowest BCUT2D eigenvalue weighted by Gasteiger charge is -2.03. The van der Waals surface area contributed by atoms with Crippen LogP contribution in [-0.2, 0) is 17.6 Å². The van der Waals surface area contributed by atoms with Gasteiger partial charge < -0.3 is 0 Å². The van der Waals surface area contributed by atoms with Crippen LogP contribution in [0.5, 0.6) is 0 Å². The molecule has 0 spiro atoms. The summed E-state index contributed by atoms with van der Waals surface area (Å²) in [5, 5.41) is 10.6. The Bertz CT molecular complexity index is 426. The van der Waals surface area contributed by atoms with E-state index >= 15 is 0 Å². The predicted molar refractivity (Wildman–Crippen MR) is 54.7 cm³/mol. The molecular formula is C11H11NO3. The molecule has 0 saturated heterocycles. The number of rotatable bonds is 1. The standard InChI is InChI=1S/C11H11NO3/c13-11-5-2-8-1-4-10(12(14)15)7-9(8)3-6-11/h1,4,7H,2-3,5-6H2. The Kier molecular flexibility index (Phi) is 2.49. The van der Waals surface area contributed by atoms with Gasteiger partial charge in [0.25, 0.3) is 5.69 Å². The van der Waals surface area contributed by atoms with Crippen LogP contribution in [0.25, 0.3) is 0 Å². The molecule has 0 saturated carbocycles. The molecule has 0 amide bonds. The molecule has 0 heterocycles. The molecule has 0 aromatic heterocycles. The number of nitro groups is 1. The summed E-state index contributed by atoms with van der Waals surface area (Å²) >= 11 is 0. The summed E-state index contributed by atoms with van der Waals surface area (Å²) in [7, 11) is 0. The molecule has 0 bridgehead atoms. The zero-order chi connectivity index (χ0) is 10.8. The van der Waals surface area contributed by atoms with Crippen LogP contribution >= 0.6 is 0 Å². The van der Waals surface area contributed by atoms with Crippen molar-refractivity contribution < 1.29 is 9.72 Å². The Morgan fingerprint density at radius 2 is 1.73 bits per heavy atom. The van der Waals surface area contributed by atoms with Crippen LogP contribution in [0.2, 0.25) is 0 Å². The molecule has 1 aliphatic rings. The van der Waals surface area contributed by atoms with Gasteiger partial charge in [0.1, 0.15) is 5.78 Å². The van der Waals surface area contributed by atoms with Gasteiger partial charge in [0.2, 0.25) is 0 Å². The molecule has 1 aromatic carbocycles. The van der Waals surface area contributed by atoms with Crippen molar-refractivity contribution in [3.8, 4) is 0 Å². The van der Waals surface area contributed by atoms with E-state index in [1.165, 1.54) is 6.07 Å². The second kappa shape index (κ2) is 3.81. The maximum Gasteiger partial charge on any atom is 0.269 e. The quantitative estimate of drug-likeness (QED) is 0.400. The molecule has 0 fully saturated rings. The maximum absolute atomic E-state index is 11.2. The number of carbonyl (C=O) groups is 1. The van der Waals surface area contributed by atoms with Gasteiger partial charge >= 0.3 is 0 Å². The molecule has 0 atom stereocenters. The van der Waals surface area contributed by atoms with Crippen LogP contribution in [0, 0.1) is 10.1 Å². The van der Waals surface area contributed by atoms with Gasteiger partial charge in [-0.1, -0.05) is 6.07 Å². The number of hydrogen-bond acceptors (Lipinski definition) is 3. The fourth-order valence-electron chi connectivity index (χ4n) is 1.88. The molecule has 0 N–H and O–H groups in total. The lowest BCUT2D eigenvalue weighted by Crippen LogP contribution is -1.95. The second-order valence-corrected chi connectivity index (χ2v) is 3.75. The van der Waals surface area contributed by atoms with Crippen LogP contribution in [0.1, 0.15) is 24.0 Å². The molecule has 1 aliphatic carbocycles. The van der Waals surface area contributed by atoms with E-state index in [1.807, 2.05) is 0 Å². The summed E-state index contributed by atoms with van der Waals surface area (Å²) in [5.74, 6) is 0.244. The number of hydrogen-bond donors (Lipinski definition) is 0. The topological polar surface area (TPSA) is 60.2 Å². The lowest BCUT2D eigenvalue weighted by atomic mass is 10.0. The number of ketones is 1. The minimum Gasteiger partial charge on any atom is -0.300 e. The molecule has 15 heavy (non-hydrogen) atoms. The monoisotopic (exact) mass is 205 g/mol. The molecule has 4 heteroatoms. The van der Waals surface area contributed by atoms with Gasteiger partial charge in [-0.2, -0.15) is 0 Å². The third-order valence-corrected chi connectivity index (χ3v) is 2.75. The van der Waals surface area contributed by atoms with E-state index in [0.29, 0.717) is 25.7 Å². The van der Waals surface area contributed by atoms with E-state index in [9.17, 15) is 14.9 Å². The average Bonchev–Trinajstić information content (AvgIpc) is 2.40. The Morgan fingerprint density at radius 3 is 2.40 bits per heavy atom. The molecule has 78 valence electrons. The second-order valence-electron chi connectivity index (χ2n) is 3.75. The highest BCUT2D eigenvalue weighted by Gasteiger charge is 2.16. The third kappa shape index (κ3) is 2.03. The Labute approximate surface area is 87.1 Å². The third-order valence-electron chi connectivity index (χ3n) is 2.75. The van der Waals surface area contributed by atoms with Gasteiger partial charge in [0.15, 0.2) is 0 Å². The van der Waals surface area contributed by atoms with Gasteiger partial charge in [-0.3, -0.25) is 14.9 Å². The van der Waals surface area contributed by atoms with Crippen LogP contribution in [0.4, 0.5) is 5.69 Å². The molecule has 4 nitrogen and oxygen atoms in total. The number of Topliss-reactive ketones (excluding diaryl/α,β-unsaturated/α-hetero) is 1. The zero-order valence-corrected chi connectivity index (χ0v) is 8.23. The first kappa shape index (κ1) is 9.83. The summed E-state index contributed by atoms with van der Waals surface area (Å²) in [5.41, 5.74) is 2.14. The Balaban J connectivity index is 2.36. The minimum atomic E-state index is -0.396. The van der Waals surface area contributed by atoms with Gasteiger partial charge in [-0.05, 0) is 24.0 Å². The predicted octanol–water partition coefficient (Wildman–Crippen LogP) is 2.04. The molecule has 1 aromatic rings. The number of non-ortho nitro benzene ring substituents is 1. The molecule has 2 rings (SSSR count). The number of carbonyl (C=O) groups excluding carboxylic acids is 1.